The van der Waals surface area contributed by atoms with Crippen LogP contribution in [0, 0.1) is 5.92 Å². The van der Waals surface area contributed by atoms with Crippen LogP contribution in [0.4, 0.5) is 5.00 Å². The van der Waals surface area contributed by atoms with E-state index in [0.717, 1.165) is 35.4 Å². The van der Waals surface area contributed by atoms with Gasteiger partial charge >= 0.3 is 0 Å². The van der Waals surface area contributed by atoms with Crippen LogP contribution < -0.4 is 16.5 Å². The topological polar surface area (TPSA) is 93.4 Å². The van der Waals surface area contributed by atoms with Gasteiger partial charge in [-0.1, -0.05) is 0 Å². The Morgan fingerprint density at radius 2 is 2.14 bits per heavy atom. The molecular formula is C14H17N3O3S. The highest BCUT2D eigenvalue weighted by Gasteiger charge is 2.32. The number of carbonyl (C=O) groups excluding carboxylic acids is 2. The van der Waals surface area contributed by atoms with Crippen molar-refractivity contribution in [3.05, 3.63) is 21.7 Å². The maximum Gasteiger partial charge on any atom is 0.252 e. The molecule has 2 amide bonds. The summed E-state index contributed by atoms with van der Waals surface area (Å²) in [5.74, 6) is -0.420. The Morgan fingerprint density at radius 1 is 1.38 bits per heavy atom. The number of anilines is 1. The molecule has 0 aliphatic heterocycles. The van der Waals surface area contributed by atoms with Crippen LogP contribution in [0.2, 0.25) is 0 Å². The van der Waals surface area contributed by atoms with Crippen molar-refractivity contribution in [3.63, 3.8) is 0 Å². The minimum Gasteiger partial charge on any atom is -0.365 e. The van der Waals surface area contributed by atoms with Crippen molar-refractivity contribution >= 4 is 34.2 Å². The summed E-state index contributed by atoms with van der Waals surface area (Å²) in [5.41, 5.74) is 10.6. The molecule has 0 atom stereocenters. The third-order valence-electron chi connectivity index (χ3n) is 3.65. The zero-order chi connectivity index (χ0) is 15.0. The number of rotatable bonds is 5. The summed E-state index contributed by atoms with van der Waals surface area (Å²) < 4.78 is 0. The minimum atomic E-state index is -0.491. The van der Waals surface area contributed by atoms with Gasteiger partial charge in [0.15, 0.2) is 0 Å². The van der Waals surface area contributed by atoms with Crippen LogP contribution in [0.1, 0.15) is 40.1 Å². The predicted molar refractivity (Wildman–Crippen MR) is 80.6 cm³/mol. The largest absolute Gasteiger partial charge is 0.365 e. The van der Waals surface area contributed by atoms with Crippen LogP contribution in [0.3, 0.4) is 0 Å². The third-order valence-corrected chi connectivity index (χ3v) is 4.75. The van der Waals surface area contributed by atoms with Crippen LogP contribution in [0.15, 0.2) is 5.70 Å². The summed E-state index contributed by atoms with van der Waals surface area (Å²) in [5, 5.41) is 3.42. The molecule has 0 radical (unpaired) electrons. The molecule has 0 aromatic carbocycles. The normalized spacial score (nSPS) is 16.9. The van der Waals surface area contributed by atoms with Crippen molar-refractivity contribution in [1.82, 2.24) is 5.48 Å². The van der Waals surface area contributed by atoms with Crippen molar-refractivity contribution in [2.45, 2.75) is 25.7 Å². The van der Waals surface area contributed by atoms with E-state index in [4.69, 9.17) is 10.6 Å². The van der Waals surface area contributed by atoms with Gasteiger partial charge in [0.25, 0.3) is 5.91 Å². The van der Waals surface area contributed by atoms with Crippen molar-refractivity contribution in [1.29, 1.82) is 0 Å². The molecule has 1 saturated carbocycles. The molecule has 1 fully saturated rings. The third kappa shape index (κ3) is 2.79. The van der Waals surface area contributed by atoms with E-state index in [1.54, 1.807) is 7.11 Å². The average molecular weight is 307 g/mol. The standard InChI is InChI=1S/C14H17N3O3S/c1-20-17-8-4-5-9-10(6-8)21-14(11(9)12(15)18)16-13(19)7-2-3-7/h6-7,17H,2-5H2,1H3,(H2,15,18)(H,16,19). The fourth-order valence-corrected chi connectivity index (χ4v) is 3.68. The smallest absolute Gasteiger partial charge is 0.252 e. The van der Waals surface area contributed by atoms with Gasteiger partial charge in [-0.2, -0.15) is 0 Å². The molecule has 0 bridgehead atoms. The summed E-state index contributed by atoms with van der Waals surface area (Å²) in [4.78, 5) is 29.5. The number of allylic oxidation sites excluding steroid dienone is 1. The second-order valence-corrected chi connectivity index (χ2v) is 6.30. The van der Waals surface area contributed by atoms with Gasteiger partial charge in [-0.25, -0.2) is 0 Å². The first-order valence-corrected chi connectivity index (χ1v) is 7.67. The Labute approximate surface area is 126 Å². The van der Waals surface area contributed by atoms with Gasteiger partial charge in [0, 0.05) is 16.5 Å². The lowest BCUT2D eigenvalue weighted by molar-refractivity contribution is -0.117. The highest BCUT2D eigenvalue weighted by atomic mass is 32.1. The summed E-state index contributed by atoms with van der Waals surface area (Å²) in [6.45, 7) is 0. The fraction of sp³-hybridized carbons (Fsp3) is 0.429. The quantitative estimate of drug-likeness (QED) is 0.721. The van der Waals surface area contributed by atoms with Crippen molar-refractivity contribution < 1.29 is 14.4 Å². The zero-order valence-corrected chi connectivity index (χ0v) is 12.5. The molecule has 6 nitrogen and oxygen atoms in total. The van der Waals surface area contributed by atoms with Gasteiger partial charge in [0.1, 0.15) is 5.00 Å². The summed E-state index contributed by atoms with van der Waals surface area (Å²) >= 11 is 1.39. The number of hydrogen-bond acceptors (Lipinski definition) is 5. The molecule has 7 heteroatoms. The monoisotopic (exact) mass is 307 g/mol. The molecule has 3 rings (SSSR count). The Kier molecular flexibility index (Phi) is 3.69. The summed E-state index contributed by atoms with van der Waals surface area (Å²) in [7, 11) is 1.56. The van der Waals surface area contributed by atoms with Gasteiger partial charge in [0.2, 0.25) is 5.91 Å². The maximum absolute atomic E-state index is 11.9. The lowest BCUT2D eigenvalue weighted by Gasteiger charge is -2.14. The Balaban J connectivity index is 1.93. The molecule has 112 valence electrons. The Bertz CT molecular complexity index is 632. The Morgan fingerprint density at radius 3 is 2.76 bits per heavy atom. The van der Waals surface area contributed by atoms with E-state index >= 15 is 0 Å². The first-order valence-electron chi connectivity index (χ1n) is 6.86. The second kappa shape index (κ2) is 5.50. The number of carbonyl (C=O) groups is 2. The van der Waals surface area contributed by atoms with Crippen LogP contribution in [-0.2, 0) is 16.1 Å². The SMILES string of the molecule is CONC1=Cc2sc(NC(=O)C3CC3)c(C(N)=O)c2CC1. The van der Waals surface area contributed by atoms with E-state index in [9.17, 15) is 9.59 Å². The van der Waals surface area contributed by atoms with E-state index in [0.29, 0.717) is 17.0 Å². The van der Waals surface area contributed by atoms with E-state index in [1.807, 2.05) is 6.08 Å². The van der Waals surface area contributed by atoms with Crippen LogP contribution in [0.25, 0.3) is 6.08 Å². The number of thiophene rings is 1. The first kappa shape index (κ1) is 14.1. The molecular weight excluding hydrogens is 290 g/mol. The second-order valence-electron chi connectivity index (χ2n) is 5.25. The minimum absolute atomic E-state index is 0.0182. The number of fused-ring (bicyclic) bond motifs is 1. The van der Waals surface area contributed by atoms with Crippen LogP contribution in [-0.4, -0.2) is 18.9 Å². The first-order chi connectivity index (χ1) is 10.1. The maximum atomic E-state index is 11.9. The molecule has 2 aliphatic rings. The molecule has 0 unspecified atom stereocenters. The average Bonchev–Trinajstić information content (AvgIpc) is 3.21. The number of hydrogen-bond donors (Lipinski definition) is 3. The molecule has 4 N–H and O–H groups in total. The van der Waals surface area contributed by atoms with Crippen LogP contribution in [0.5, 0.6) is 0 Å². The highest BCUT2D eigenvalue weighted by molar-refractivity contribution is 7.17. The van der Waals surface area contributed by atoms with Gasteiger partial charge in [-0.05, 0) is 37.3 Å². The highest BCUT2D eigenvalue weighted by Crippen LogP contribution is 2.39. The van der Waals surface area contributed by atoms with Crippen molar-refractivity contribution in [2.24, 2.45) is 11.7 Å². The number of hydroxylamine groups is 1. The Hall–Kier alpha value is -1.86. The molecule has 21 heavy (non-hydrogen) atoms. The molecule has 0 spiro atoms. The van der Waals surface area contributed by atoms with Gasteiger partial charge in [-0.3, -0.25) is 19.9 Å². The molecule has 1 aromatic rings. The predicted octanol–water partition coefficient (Wildman–Crippen LogP) is 1.63. The van der Waals surface area contributed by atoms with Crippen LogP contribution >= 0.6 is 11.3 Å². The summed E-state index contributed by atoms with van der Waals surface area (Å²) in [6, 6.07) is 0. The molecule has 0 saturated heterocycles. The van der Waals surface area contributed by atoms with Gasteiger partial charge in [-0.15, -0.1) is 11.3 Å². The van der Waals surface area contributed by atoms with E-state index in [-0.39, 0.29) is 11.8 Å². The summed E-state index contributed by atoms with van der Waals surface area (Å²) in [6.07, 6.45) is 5.22. The number of amides is 2. The number of primary amides is 1. The molecule has 1 aromatic heterocycles. The molecule has 1 heterocycles. The lowest BCUT2D eigenvalue weighted by atomic mass is 9.98. The fourth-order valence-electron chi connectivity index (χ4n) is 2.46. The van der Waals surface area contributed by atoms with E-state index < -0.39 is 5.91 Å². The number of nitrogens with two attached hydrogens (primary N) is 1. The van der Waals surface area contributed by atoms with Gasteiger partial charge < -0.3 is 11.1 Å². The van der Waals surface area contributed by atoms with Gasteiger partial charge in [0.05, 0.1) is 12.7 Å². The van der Waals surface area contributed by atoms with E-state index in [1.165, 1.54) is 11.3 Å². The number of nitrogens with one attached hydrogen (secondary N) is 2. The zero-order valence-electron chi connectivity index (χ0n) is 11.7. The van der Waals surface area contributed by atoms with E-state index in [2.05, 4.69) is 10.8 Å². The van der Waals surface area contributed by atoms with Crippen molar-refractivity contribution in [3.8, 4) is 0 Å². The molecule has 2 aliphatic carbocycles. The lowest BCUT2D eigenvalue weighted by Crippen LogP contribution is -2.20. The van der Waals surface area contributed by atoms with Crippen molar-refractivity contribution in [2.75, 3.05) is 12.4 Å².